The minimum atomic E-state index is -4.64. The fourth-order valence-electron chi connectivity index (χ4n) is 2.03. The van der Waals surface area contributed by atoms with Crippen LogP contribution in [0.1, 0.15) is 21.5 Å². The molecule has 0 atom stereocenters. The van der Waals surface area contributed by atoms with Gasteiger partial charge in [-0.2, -0.15) is 13.2 Å². The number of hydrogen-bond donors (Lipinski definition) is 1. The molecule has 0 fully saturated rings. The molecule has 2 aromatic rings. The number of aryl methyl sites for hydroxylation is 1. The number of hydrogen-bond acceptors (Lipinski definition) is 3. The van der Waals surface area contributed by atoms with E-state index < -0.39 is 29.3 Å². The molecule has 0 saturated carbocycles. The number of methoxy groups -OCH3 is 1. The number of carbonyl (C=O) groups excluding carboxylic acids is 1. The SMILES string of the molecule is COC(=O)c1cc(C(F)(F)F)ccc1Nc1cc(F)c(F)cc1C. The Morgan fingerprint density at radius 2 is 1.67 bits per heavy atom. The summed E-state index contributed by atoms with van der Waals surface area (Å²) in [4.78, 5) is 11.7. The average Bonchev–Trinajstić information content (AvgIpc) is 2.51. The first-order chi connectivity index (χ1) is 11.1. The number of anilines is 2. The van der Waals surface area contributed by atoms with Crippen molar-refractivity contribution >= 4 is 17.3 Å². The van der Waals surface area contributed by atoms with Gasteiger partial charge in [0.15, 0.2) is 11.6 Å². The van der Waals surface area contributed by atoms with Crippen LogP contribution >= 0.6 is 0 Å². The maximum atomic E-state index is 13.4. The van der Waals surface area contributed by atoms with Gasteiger partial charge >= 0.3 is 12.1 Å². The van der Waals surface area contributed by atoms with E-state index in [0.717, 1.165) is 31.4 Å². The molecule has 0 amide bonds. The highest BCUT2D eigenvalue weighted by Crippen LogP contribution is 2.33. The predicted molar refractivity (Wildman–Crippen MR) is 77.2 cm³/mol. The second-order valence-corrected chi connectivity index (χ2v) is 4.96. The molecule has 2 rings (SSSR count). The lowest BCUT2D eigenvalue weighted by molar-refractivity contribution is -0.137. The second-order valence-electron chi connectivity index (χ2n) is 4.96. The summed E-state index contributed by atoms with van der Waals surface area (Å²) in [5.74, 6) is -3.18. The van der Waals surface area contributed by atoms with Gasteiger partial charge in [-0.05, 0) is 36.8 Å². The van der Waals surface area contributed by atoms with Gasteiger partial charge in [-0.3, -0.25) is 0 Å². The standard InChI is InChI=1S/C16H12F5NO2/c1-8-5-11(17)12(18)7-14(8)22-13-4-3-9(16(19,20)21)6-10(13)15(23)24-2/h3-7,22H,1-2H3. The van der Waals surface area contributed by atoms with E-state index in [-0.39, 0.29) is 16.9 Å². The Morgan fingerprint density at radius 3 is 2.25 bits per heavy atom. The molecule has 8 heteroatoms. The third-order valence-corrected chi connectivity index (χ3v) is 3.29. The lowest BCUT2D eigenvalue weighted by Gasteiger charge is -2.15. The molecular weight excluding hydrogens is 333 g/mol. The number of esters is 1. The van der Waals surface area contributed by atoms with Crippen LogP contribution in [-0.4, -0.2) is 13.1 Å². The van der Waals surface area contributed by atoms with E-state index in [4.69, 9.17) is 0 Å². The molecule has 3 nitrogen and oxygen atoms in total. The van der Waals surface area contributed by atoms with Gasteiger partial charge < -0.3 is 10.1 Å². The summed E-state index contributed by atoms with van der Waals surface area (Å²) in [5.41, 5.74) is -1.01. The molecule has 0 spiro atoms. The van der Waals surface area contributed by atoms with Crippen molar-refractivity contribution in [3.8, 4) is 0 Å². The predicted octanol–water partition coefficient (Wildman–Crippen LogP) is 4.82. The summed E-state index contributed by atoms with van der Waals surface area (Å²) in [6.07, 6.45) is -4.64. The van der Waals surface area contributed by atoms with Crippen LogP contribution in [0.2, 0.25) is 0 Å². The quantitative estimate of drug-likeness (QED) is 0.640. The van der Waals surface area contributed by atoms with Crippen LogP contribution < -0.4 is 5.32 Å². The minimum Gasteiger partial charge on any atom is -0.465 e. The minimum absolute atomic E-state index is 0.0241. The highest BCUT2D eigenvalue weighted by atomic mass is 19.4. The van der Waals surface area contributed by atoms with Gasteiger partial charge in [0, 0.05) is 11.8 Å². The Labute approximate surface area is 134 Å². The molecule has 24 heavy (non-hydrogen) atoms. The molecule has 0 aliphatic carbocycles. The van der Waals surface area contributed by atoms with Crippen LogP contribution in [0.4, 0.5) is 33.3 Å². The maximum absolute atomic E-state index is 13.4. The first kappa shape index (κ1) is 17.7. The highest BCUT2D eigenvalue weighted by Gasteiger charge is 2.32. The molecule has 0 saturated heterocycles. The van der Waals surface area contributed by atoms with Crippen molar-refractivity contribution in [3.63, 3.8) is 0 Å². The van der Waals surface area contributed by atoms with E-state index in [9.17, 15) is 26.7 Å². The lowest BCUT2D eigenvalue weighted by Crippen LogP contribution is -2.11. The van der Waals surface area contributed by atoms with Crippen LogP contribution in [0.15, 0.2) is 30.3 Å². The number of alkyl halides is 3. The second kappa shape index (κ2) is 6.46. The Bertz CT molecular complexity index is 787. The molecular formula is C16H12F5NO2. The van der Waals surface area contributed by atoms with Gasteiger partial charge in [0.1, 0.15) is 0 Å². The summed E-state index contributed by atoms with van der Waals surface area (Å²) in [6, 6.07) is 4.20. The maximum Gasteiger partial charge on any atom is 0.416 e. The monoisotopic (exact) mass is 345 g/mol. The van der Waals surface area contributed by atoms with Crippen LogP contribution in [0.25, 0.3) is 0 Å². The lowest BCUT2D eigenvalue weighted by atomic mass is 10.1. The van der Waals surface area contributed by atoms with Crippen LogP contribution in [0.5, 0.6) is 0 Å². The Balaban J connectivity index is 2.50. The van der Waals surface area contributed by atoms with E-state index in [1.165, 1.54) is 6.92 Å². The molecule has 0 aromatic heterocycles. The zero-order valence-electron chi connectivity index (χ0n) is 12.6. The van der Waals surface area contributed by atoms with Crippen molar-refractivity contribution in [1.82, 2.24) is 0 Å². The number of ether oxygens (including phenoxy) is 1. The van der Waals surface area contributed by atoms with E-state index >= 15 is 0 Å². The van der Waals surface area contributed by atoms with Crippen molar-refractivity contribution < 1.29 is 31.5 Å². The van der Waals surface area contributed by atoms with Crippen LogP contribution in [-0.2, 0) is 10.9 Å². The molecule has 0 bridgehead atoms. The largest absolute Gasteiger partial charge is 0.465 e. The third-order valence-electron chi connectivity index (χ3n) is 3.29. The van der Waals surface area contributed by atoms with Crippen LogP contribution in [0, 0.1) is 18.6 Å². The Kier molecular flexibility index (Phi) is 4.77. The first-order valence-electron chi connectivity index (χ1n) is 6.65. The number of carbonyl (C=O) groups is 1. The summed E-state index contributed by atoms with van der Waals surface area (Å²) < 4.78 is 69.3. The normalized spacial score (nSPS) is 11.3. The molecule has 0 aliphatic rings. The average molecular weight is 345 g/mol. The zero-order chi connectivity index (χ0) is 18.1. The summed E-state index contributed by atoms with van der Waals surface area (Å²) in [5, 5.41) is 2.63. The number of nitrogens with one attached hydrogen (secondary N) is 1. The number of benzene rings is 2. The smallest absolute Gasteiger partial charge is 0.416 e. The Hall–Kier alpha value is -2.64. The van der Waals surface area contributed by atoms with E-state index in [0.29, 0.717) is 11.6 Å². The topological polar surface area (TPSA) is 38.3 Å². The molecule has 0 heterocycles. The molecule has 0 aliphatic heterocycles. The zero-order valence-corrected chi connectivity index (χ0v) is 12.6. The molecule has 0 unspecified atom stereocenters. The molecule has 1 N–H and O–H groups in total. The summed E-state index contributed by atoms with van der Waals surface area (Å²) in [6.45, 7) is 1.48. The third kappa shape index (κ3) is 3.64. The van der Waals surface area contributed by atoms with E-state index in [1.807, 2.05) is 0 Å². The highest BCUT2D eigenvalue weighted by molar-refractivity contribution is 5.96. The van der Waals surface area contributed by atoms with E-state index in [1.54, 1.807) is 0 Å². The fourth-order valence-corrected chi connectivity index (χ4v) is 2.03. The van der Waals surface area contributed by atoms with Gasteiger partial charge in [-0.15, -0.1) is 0 Å². The fraction of sp³-hybridized carbons (Fsp3) is 0.188. The van der Waals surface area contributed by atoms with Crippen LogP contribution in [0.3, 0.4) is 0 Å². The van der Waals surface area contributed by atoms with Crippen molar-refractivity contribution in [2.45, 2.75) is 13.1 Å². The van der Waals surface area contributed by atoms with Gasteiger partial charge in [0.25, 0.3) is 0 Å². The van der Waals surface area contributed by atoms with Gasteiger partial charge in [-0.25, -0.2) is 13.6 Å². The molecule has 2 aromatic carbocycles. The Morgan fingerprint density at radius 1 is 1.04 bits per heavy atom. The van der Waals surface area contributed by atoms with Crippen molar-refractivity contribution in [3.05, 3.63) is 58.7 Å². The summed E-state index contributed by atoms with van der Waals surface area (Å²) in [7, 11) is 1.02. The molecule has 0 radical (unpaired) electrons. The van der Waals surface area contributed by atoms with Gasteiger partial charge in [0.05, 0.1) is 23.9 Å². The number of halogens is 5. The van der Waals surface area contributed by atoms with E-state index in [2.05, 4.69) is 10.1 Å². The number of rotatable bonds is 3. The summed E-state index contributed by atoms with van der Waals surface area (Å²) >= 11 is 0. The van der Waals surface area contributed by atoms with Crippen molar-refractivity contribution in [1.29, 1.82) is 0 Å². The van der Waals surface area contributed by atoms with Crippen molar-refractivity contribution in [2.24, 2.45) is 0 Å². The molecule has 128 valence electrons. The van der Waals surface area contributed by atoms with Crippen molar-refractivity contribution in [2.75, 3.05) is 12.4 Å². The van der Waals surface area contributed by atoms with Gasteiger partial charge in [-0.1, -0.05) is 0 Å². The van der Waals surface area contributed by atoms with Gasteiger partial charge in [0.2, 0.25) is 0 Å². The first-order valence-corrected chi connectivity index (χ1v) is 6.65.